The van der Waals surface area contributed by atoms with Crippen LogP contribution in [0.3, 0.4) is 0 Å². The normalized spacial score (nSPS) is 13.7. The number of piperazine rings is 1. The van der Waals surface area contributed by atoms with Gasteiger partial charge in [-0.15, -0.1) is 0 Å². The smallest absolute Gasteiger partial charge is 0.274 e. The molecule has 2 heterocycles. The molecule has 32 heavy (non-hydrogen) atoms. The first-order chi connectivity index (χ1) is 15.5. The number of carbonyl (C=O) groups is 2. The van der Waals surface area contributed by atoms with E-state index in [1.165, 1.54) is 0 Å². The summed E-state index contributed by atoms with van der Waals surface area (Å²) in [4.78, 5) is 29.5. The molecule has 0 aliphatic carbocycles. The zero-order valence-electron chi connectivity index (χ0n) is 18.4. The summed E-state index contributed by atoms with van der Waals surface area (Å²) in [5.74, 6) is 0.883. The topological polar surface area (TPSA) is 76.9 Å². The number of hydrogen-bond donors (Lipinski definition) is 0. The van der Waals surface area contributed by atoms with Crippen molar-refractivity contribution in [2.45, 2.75) is 6.92 Å². The minimum Gasteiger partial charge on any atom is -0.497 e. The number of rotatable bonds is 5. The van der Waals surface area contributed by atoms with Crippen molar-refractivity contribution >= 4 is 11.8 Å². The third-order valence-corrected chi connectivity index (χ3v) is 5.56. The molecule has 4 rings (SSSR count). The van der Waals surface area contributed by atoms with Crippen LogP contribution in [0.4, 0.5) is 0 Å². The summed E-state index contributed by atoms with van der Waals surface area (Å²) in [5, 5.41) is 4.51. The monoisotopic (exact) mass is 434 g/mol. The first-order valence-electron chi connectivity index (χ1n) is 10.4. The molecule has 0 N–H and O–H groups in total. The second-order valence-electron chi connectivity index (χ2n) is 7.60. The van der Waals surface area contributed by atoms with Crippen molar-refractivity contribution in [1.82, 2.24) is 19.6 Å². The number of amides is 2. The van der Waals surface area contributed by atoms with Crippen LogP contribution < -0.4 is 9.47 Å². The quantitative estimate of drug-likeness (QED) is 0.617. The molecule has 166 valence electrons. The molecule has 1 fully saturated rings. The van der Waals surface area contributed by atoms with E-state index < -0.39 is 0 Å². The number of ether oxygens (including phenoxy) is 2. The summed E-state index contributed by atoms with van der Waals surface area (Å²) in [6, 6.07) is 16.6. The molecule has 0 atom stereocenters. The minimum absolute atomic E-state index is 0.113. The number of hydrogen-bond acceptors (Lipinski definition) is 5. The Morgan fingerprint density at radius 3 is 1.94 bits per heavy atom. The van der Waals surface area contributed by atoms with E-state index in [0.29, 0.717) is 48.9 Å². The van der Waals surface area contributed by atoms with Gasteiger partial charge in [0, 0.05) is 43.5 Å². The molecule has 2 amide bonds. The molecule has 0 saturated carbocycles. The summed E-state index contributed by atoms with van der Waals surface area (Å²) in [5.41, 5.74) is 2.70. The van der Waals surface area contributed by atoms with Crippen molar-refractivity contribution in [3.63, 3.8) is 0 Å². The van der Waals surface area contributed by atoms with Gasteiger partial charge in [-0.05, 0) is 37.3 Å². The maximum atomic E-state index is 13.0. The fourth-order valence-electron chi connectivity index (χ4n) is 3.80. The minimum atomic E-state index is -0.127. The fraction of sp³-hybridized carbons (Fsp3) is 0.292. The van der Waals surface area contributed by atoms with Crippen LogP contribution in [0.1, 0.15) is 26.5 Å². The number of para-hydroxylation sites is 1. The zero-order valence-corrected chi connectivity index (χ0v) is 18.4. The lowest BCUT2D eigenvalue weighted by Gasteiger charge is -2.34. The van der Waals surface area contributed by atoms with Crippen LogP contribution in [0.15, 0.2) is 54.6 Å². The predicted octanol–water partition coefficient (Wildman–Crippen LogP) is 2.80. The van der Waals surface area contributed by atoms with Crippen molar-refractivity contribution in [2.24, 2.45) is 0 Å². The van der Waals surface area contributed by atoms with Crippen LogP contribution in [-0.2, 0) is 0 Å². The molecule has 1 aromatic heterocycles. The summed E-state index contributed by atoms with van der Waals surface area (Å²) < 4.78 is 12.3. The zero-order chi connectivity index (χ0) is 22.7. The van der Waals surface area contributed by atoms with Crippen molar-refractivity contribution < 1.29 is 19.1 Å². The molecule has 0 spiro atoms. The Morgan fingerprint density at radius 1 is 0.812 bits per heavy atom. The van der Waals surface area contributed by atoms with Gasteiger partial charge in [-0.25, -0.2) is 4.68 Å². The van der Waals surface area contributed by atoms with E-state index in [9.17, 15) is 9.59 Å². The SMILES string of the molecule is COc1cc(OC)cc(C(=O)N2CCN(C(=O)c3cc(C)n(-c4ccccc4)n3)CC2)c1. The van der Waals surface area contributed by atoms with E-state index in [1.54, 1.807) is 53.0 Å². The van der Waals surface area contributed by atoms with Gasteiger partial charge in [0.25, 0.3) is 11.8 Å². The van der Waals surface area contributed by atoms with Gasteiger partial charge in [0.15, 0.2) is 5.69 Å². The summed E-state index contributed by atoms with van der Waals surface area (Å²) in [7, 11) is 3.10. The van der Waals surface area contributed by atoms with Crippen molar-refractivity contribution in [2.75, 3.05) is 40.4 Å². The van der Waals surface area contributed by atoms with Crippen molar-refractivity contribution in [3.05, 3.63) is 71.5 Å². The molecule has 0 bridgehead atoms. The van der Waals surface area contributed by atoms with Crippen molar-refractivity contribution in [3.8, 4) is 17.2 Å². The van der Waals surface area contributed by atoms with E-state index in [2.05, 4.69) is 5.10 Å². The van der Waals surface area contributed by atoms with Crippen LogP contribution in [0.5, 0.6) is 11.5 Å². The highest BCUT2D eigenvalue weighted by Crippen LogP contribution is 2.24. The number of aromatic nitrogens is 2. The number of methoxy groups -OCH3 is 2. The first-order valence-corrected chi connectivity index (χ1v) is 10.4. The molecule has 8 heteroatoms. The third-order valence-electron chi connectivity index (χ3n) is 5.56. The summed E-state index contributed by atoms with van der Waals surface area (Å²) in [6.45, 7) is 3.71. The third kappa shape index (κ3) is 4.30. The van der Waals surface area contributed by atoms with E-state index >= 15 is 0 Å². The molecule has 1 aliphatic rings. The molecule has 1 aliphatic heterocycles. The summed E-state index contributed by atoms with van der Waals surface area (Å²) >= 11 is 0. The van der Waals surface area contributed by atoms with Crippen LogP contribution >= 0.6 is 0 Å². The predicted molar refractivity (Wildman–Crippen MR) is 120 cm³/mol. The van der Waals surface area contributed by atoms with Gasteiger partial charge in [-0.2, -0.15) is 5.10 Å². The van der Waals surface area contributed by atoms with Gasteiger partial charge in [0.05, 0.1) is 19.9 Å². The Morgan fingerprint density at radius 2 is 1.38 bits per heavy atom. The van der Waals surface area contributed by atoms with Gasteiger partial charge in [-0.3, -0.25) is 9.59 Å². The Balaban J connectivity index is 1.43. The van der Waals surface area contributed by atoms with Crippen molar-refractivity contribution in [1.29, 1.82) is 0 Å². The highest BCUT2D eigenvalue weighted by Gasteiger charge is 2.27. The van der Waals surface area contributed by atoms with Crippen LogP contribution in [0.25, 0.3) is 5.69 Å². The Kier molecular flexibility index (Phi) is 6.11. The molecular weight excluding hydrogens is 408 g/mol. The van der Waals surface area contributed by atoms with Crippen LogP contribution in [0.2, 0.25) is 0 Å². The number of nitrogens with zero attached hydrogens (tertiary/aromatic N) is 4. The van der Waals surface area contributed by atoms with E-state index in [4.69, 9.17) is 9.47 Å². The maximum absolute atomic E-state index is 13.0. The molecule has 3 aromatic rings. The molecule has 0 radical (unpaired) electrons. The van der Waals surface area contributed by atoms with Gasteiger partial charge >= 0.3 is 0 Å². The summed E-state index contributed by atoms with van der Waals surface area (Å²) in [6.07, 6.45) is 0. The Bertz CT molecular complexity index is 1100. The molecule has 2 aromatic carbocycles. The highest BCUT2D eigenvalue weighted by molar-refractivity contribution is 5.96. The Labute approximate surface area is 187 Å². The average molecular weight is 434 g/mol. The largest absolute Gasteiger partial charge is 0.497 e. The van der Waals surface area contributed by atoms with E-state index in [0.717, 1.165) is 11.4 Å². The first kappa shape index (κ1) is 21.4. The van der Waals surface area contributed by atoms with Gasteiger partial charge in [0.1, 0.15) is 11.5 Å². The lowest BCUT2D eigenvalue weighted by molar-refractivity contribution is 0.0531. The average Bonchev–Trinajstić information content (AvgIpc) is 3.24. The fourth-order valence-corrected chi connectivity index (χ4v) is 3.80. The molecule has 8 nitrogen and oxygen atoms in total. The number of benzene rings is 2. The molecular formula is C24H26N4O4. The van der Waals surface area contributed by atoms with Gasteiger partial charge < -0.3 is 19.3 Å². The van der Waals surface area contributed by atoms with Crippen LogP contribution in [0, 0.1) is 6.92 Å². The van der Waals surface area contributed by atoms with Gasteiger partial charge in [-0.1, -0.05) is 18.2 Å². The van der Waals surface area contributed by atoms with Gasteiger partial charge in [0.2, 0.25) is 0 Å². The second-order valence-corrected chi connectivity index (χ2v) is 7.60. The lowest BCUT2D eigenvalue weighted by atomic mass is 10.1. The number of carbonyl (C=O) groups excluding carboxylic acids is 2. The maximum Gasteiger partial charge on any atom is 0.274 e. The number of aryl methyl sites for hydroxylation is 1. The molecule has 1 saturated heterocycles. The highest BCUT2D eigenvalue weighted by atomic mass is 16.5. The lowest BCUT2D eigenvalue weighted by Crippen LogP contribution is -2.50. The van der Waals surface area contributed by atoms with Crippen LogP contribution in [-0.4, -0.2) is 71.8 Å². The van der Waals surface area contributed by atoms with E-state index in [1.807, 2.05) is 37.3 Å². The molecule has 0 unspecified atom stereocenters. The van der Waals surface area contributed by atoms with E-state index in [-0.39, 0.29) is 11.8 Å². The second kappa shape index (κ2) is 9.13. The standard InChI is InChI=1S/C24H26N4O4/c1-17-13-22(25-28(17)19-7-5-4-6-8-19)24(30)27-11-9-26(10-12-27)23(29)18-14-20(31-2)16-21(15-18)32-3/h4-8,13-16H,9-12H2,1-3H3. The Hall–Kier alpha value is -3.81.